The Bertz CT molecular complexity index is 406. The van der Waals surface area contributed by atoms with E-state index < -0.39 is 24.0 Å². The number of nitrogens with zero attached hydrogens (tertiary/aromatic N) is 2. The number of halogens is 3. The molecule has 0 radical (unpaired) electrons. The van der Waals surface area contributed by atoms with Crippen LogP contribution in [0.25, 0.3) is 0 Å². The van der Waals surface area contributed by atoms with Gasteiger partial charge in [-0.1, -0.05) is 18.5 Å². The second-order valence-corrected chi connectivity index (χ2v) is 3.88. The lowest BCUT2D eigenvalue weighted by Crippen LogP contribution is -2.19. The molecule has 1 heterocycles. The van der Waals surface area contributed by atoms with Crippen LogP contribution in [0, 0.1) is 12.8 Å². The van der Waals surface area contributed by atoms with Crippen LogP contribution in [0.5, 0.6) is 0 Å². The molecule has 1 rings (SSSR count). The molecule has 1 atom stereocenters. The molecule has 16 heavy (non-hydrogen) atoms. The number of carboxylic acids is 1. The molecule has 0 saturated carbocycles. The zero-order valence-corrected chi connectivity index (χ0v) is 9.50. The molecule has 0 aliphatic rings. The molecule has 0 spiro atoms. The molecule has 1 N–H and O–H groups in total. The van der Waals surface area contributed by atoms with Gasteiger partial charge in [0.25, 0.3) is 6.43 Å². The summed E-state index contributed by atoms with van der Waals surface area (Å²) in [6, 6.07) is 0. The Balaban J connectivity index is 3.04. The first-order valence-corrected chi connectivity index (χ1v) is 4.96. The van der Waals surface area contributed by atoms with Crippen molar-refractivity contribution in [1.29, 1.82) is 0 Å². The molecule has 0 aliphatic heterocycles. The predicted molar refractivity (Wildman–Crippen MR) is 53.7 cm³/mol. The fourth-order valence-corrected chi connectivity index (χ4v) is 1.48. The first-order valence-electron chi connectivity index (χ1n) is 4.58. The Kier molecular flexibility index (Phi) is 3.85. The maximum absolute atomic E-state index is 12.7. The van der Waals surface area contributed by atoms with E-state index in [1.807, 2.05) is 0 Å². The van der Waals surface area contributed by atoms with Crippen LogP contribution in [0.2, 0.25) is 5.02 Å². The molecule has 90 valence electrons. The monoisotopic (exact) mass is 252 g/mol. The van der Waals surface area contributed by atoms with Gasteiger partial charge in [0.2, 0.25) is 0 Å². The van der Waals surface area contributed by atoms with Gasteiger partial charge in [-0.15, -0.1) is 0 Å². The number of alkyl halides is 2. The van der Waals surface area contributed by atoms with Crippen molar-refractivity contribution in [2.45, 2.75) is 26.8 Å². The van der Waals surface area contributed by atoms with Crippen molar-refractivity contribution in [1.82, 2.24) is 9.78 Å². The van der Waals surface area contributed by atoms with Crippen molar-refractivity contribution in [3.63, 3.8) is 0 Å². The van der Waals surface area contributed by atoms with Crippen molar-refractivity contribution in [2.24, 2.45) is 5.92 Å². The molecule has 1 aromatic rings. The SMILES string of the molecule is Cc1nn(C[C@@H](C)C(=O)O)c(C(F)F)c1Cl. The number of hydrogen-bond acceptors (Lipinski definition) is 2. The standard InChI is InChI=1S/C9H11ClF2N2O2/c1-4(9(15)16)3-14-7(8(11)12)6(10)5(2)13-14/h4,8H,3H2,1-2H3,(H,15,16)/t4-/m1/s1. The maximum Gasteiger partial charge on any atom is 0.308 e. The summed E-state index contributed by atoms with van der Waals surface area (Å²) in [5.74, 6) is -1.86. The molecule has 0 unspecified atom stereocenters. The Morgan fingerprint density at radius 2 is 2.19 bits per heavy atom. The summed E-state index contributed by atoms with van der Waals surface area (Å²) in [6.45, 7) is 2.79. The van der Waals surface area contributed by atoms with E-state index in [4.69, 9.17) is 16.7 Å². The minimum absolute atomic E-state index is 0.104. The van der Waals surface area contributed by atoms with Crippen LogP contribution in [-0.4, -0.2) is 20.9 Å². The molecular formula is C9H11ClF2N2O2. The van der Waals surface area contributed by atoms with E-state index >= 15 is 0 Å². The zero-order chi connectivity index (χ0) is 12.5. The van der Waals surface area contributed by atoms with Gasteiger partial charge in [0.05, 0.1) is 23.2 Å². The van der Waals surface area contributed by atoms with E-state index in [1.54, 1.807) is 0 Å². The molecule has 0 fully saturated rings. The van der Waals surface area contributed by atoms with Crippen LogP contribution < -0.4 is 0 Å². The van der Waals surface area contributed by atoms with Crippen LogP contribution in [0.3, 0.4) is 0 Å². The van der Waals surface area contributed by atoms with E-state index in [0.29, 0.717) is 0 Å². The highest BCUT2D eigenvalue weighted by Crippen LogP contribution is 2.29. The number of carboxylic acid groups (broad SMARTS) is 1. The fraction of sp³-hybridized carbons (Fsp3) is 0.556. The third-order valence-corrected chi connectivity index (χ3v) is 2.63. The molecule has 7 heteroatoms. The average molecular weight is 253 g/mol. The lowest BCUT2D eigenvalue weighted by atomic mass is 10.2. The third-order valence-electron chi connectivity index (χ3n) is 2.17. The van der Waals surface area contributed by atoms with Crippen LogP contribution in [0.15, 0.2) is 0 Å². The summed E-state index contributed by atoms with van der Waals surface area (Å²) in [7, 11) is 0. The first-order chi connectivity index (χ1) is 7.34. The van der Waals surface area contributed by atoms with Gasteiger partial charge in [0, 0.05) is 0 Å². The van der Waals surface area contributed by atoms with Gasteiger partial charge < -0.3 is 5.11 Å². The van der Waals surface area contributed by atoms with Crippen molar-refractivity contribution in [3.05, 3.63) is 16.4 Å². The molecule has 4 nitrogen and oxygen atoms in total. The summed E-state index contributed by atoms with van der Waals surface area (Å²) in [4.78, 5) is 10.6. The summed E-state index contributed by atoms with van der Waals surface area (Å²) < 4.78 is 26.3. The first kappa shape index (κ1) is 12.9. The highest BCUT2D eigenvalue weighted by atomic mass is 35.5. The second-order valence-electron chi connectivity index (χ2n) is 3.51. The molecule has 1 aromatic heterocycles. The van der Waals surface area contributed by atoms with E-state index in [2.05, 4.69) is 5.10 Å². The van der Waals surface area contributed by atoms with Gasteiger partial charge in [-0.05, 0) is 6.92 Å². The lowest BCUT2D eigenvalue weighted by Gasteiger charge is -2.09. The van der Waals surface area contributed by atoms with Gasteiger partial charge in [-0.2, -0.15) is 5.10 Å². The van der Waals surface area contributed by atoms with Gasteiger partial charge >= 0.3 is 5.97 Å². The average Bonchev–Trinajstić information content (AvgIpc) is 2.42. The van der Waals surface area contributed by atoms with Crippen molar-refractivity contribution in [3.8, 4) is 0 Å². The smallest absolute Gasteiger partial charge is 0.308 e. The molecular weight excluding hydrogens is 242 g/mol. The highest BCUT2D eigenvalue weighted by Gasteiger charge is 2.24. The minimum Gasteiger partial charge on any atom is -0.481 e. The summed E-state index contributed by atoms with van der Waals surface area (Å²) in [5, 5.41) is 12.4. The number of rotatable bonds is 4. The Morgan fingerprint density at radius 1 is 1.62 bits per heavy atom. The van der Waals surface area contributed by atoms with Gasteiger partial charge in [0.1, 0.15) is 5.69 Å². The third kappa shape index (κ3) is 2.49. The van der Waals surface area contributed by atoms with Crippen LogP contribution in [-0.2, 0) is 11.3 Å². The van der Waals surface area contributed by atoms with Gasteiger partial charge in [0.15, 0.2) is 0 Å². The van der Waals surface area contributed by atoms with Crippen molar-refractivity contribution in [2.75, 3.05) is 0 Å². The largest absolute Gasteiger partial charge is 0.481 e. The quantitative estimate of drug-likeness (QED) is 0.896. The van der Waals surface area contributed by atoms with Crippen LogP contribution in [0.4, 0.5) is 8.78 Å². The number of aryl methyl sites for hydroxylation is 1. The van der Waals surface area contributed by atoms with Gasteiger partial charge in [-0.25, -0.2) is 8.78 Å². The Hall–Kier alpha value is -1.17. The van der Waals surface area contributed by atoms with Crippen LogP contribution >= 0.6 is 11.6 Å². The lowest BCUT2D eigenvalue weighted by molar-refractivity contribution is -0.141. The molecule has 0 amide bonds. The molecule has 0 aromatic carbocycles. The molecule has 0 saturated heterocycles. The summed E-state index contributed by atoms with van der Waals surface area (Å²) >= 11 is 5.66. The molecule has 0 bridgehead atoms. The number of aliphatic carboxylic acids is 1. The predicted octanol–water partition coefficient (Wildman–Crippen LogP) is 2.50. The molecule has 0 aliphatic carbocycles. The highest BCUT2D eigenvalue weighted by molar-refractivity contribution is 6.31. The van der Waals surface area contributed by atoms with E-state index in [0.717, 1.165) is 4.68 Å². The van der Waals surface area contributed by atoms with Crippen molar-refractivity contribution < 1.29 is 18.7 Å². The summed E-state index contributed by atoms with van der Waals surface area (Å²) in [6.07, 6.45) is -2.77. The van der Waals surface area contributed by atoms with E-state index in [9.17, 15) is 13.6 Å². The van der Waals surface area contributed by atoms with Crippen LogP contribution in [0.1, 0.15) is 24.7 Å². The Labute approximate surface area is 95.8 Å². The Morgan fingerprint density at radius 3 is 2.62 bits per heavy atom. The van der Waals surface area contributed by atoms with Crippen molar-refractivity contribution >= 4 is 17.6 Å². The van der Waals surface area contributed by atoms with E-state index in [1.165, 1.54) is 13.8 Å². The fourth-order valence-electron chi connectivity index (χ4n) is 1.26. The minimum atomic E-state index is -2.77. The zero-order valence-electron chi connectivity index (χ0n) is 8.75. The maximum atomic E-state index is 12.7. The number of carbonyl (C=O) groups is 1. The van der Waals surface area contributed by atoms with E-state index in [-0.39, 0.29) is 17.3 Å². The van der Waals surface area contributed by atoms with Gasteiger partial charge in [-0.3, -0.25) is 9.48 Å². The second kappa shape index (κ2) is 4.78. The topological polar surface area (TPSA) is 55.1 Å². The number of hydrogen-bond donors (Lipinski definition) is 1. The summed E-state index contributed by atoms with van der Waals surface area (Å²) in [5.41, 5.74) is -0.151. The normalized spacial score (nSPS) is 13.1. The number of aromatic nitrogens is 2.